The molecule has 0 spiro atoms. The van der Waals surface area contributed by atoms with Gasteiger partial charge in [0.2, 0.25) is 0 Å². The number of unbranched alkanes of at least 4 members (excludes halogenated alkanes) is 5. The standard InChI is InChI=1S/C29H38N2O5/c1-4-6-7-8-9-12-19-35-26(29(33)34-5-2)20-22-15-17-23(18-16-22)36-21-27-30-25-14-11-10-13-24(25)28(32)31(27)3/h10-11,13-18,26H,4-9,12,19-21H2,1-3H3. The Balaban J connectivity index is 1.56. The molecule has 0 N–H and O–H groups in total. The average molecular weight is 495 g/mol. The molecule has 1 aromatic heterocycles. The van der Waals surface area contributed by atoms with Crippen LogP contribution in [-0.4, -0.2) is 34.8 Å². The lowest BCUT2D eigenvalue weighted by Gasteiger charge is -2.17. The topological polar surface area (TPSA) is 79.7 Å². The second-order valence-electron chi connectivity index (χ2n) is 8.93. The number of carbonyl (C=O) groups excluding carboxylic acids is 1. The molecule has 3 aromatic rings. The second-order valence-corrected chi connectivity index (χ2v) is 8.93. The molecule has 0 fully saturated rings. The van der Waals surface area contributed by atoms with Crippen molar-refractivity contribution in [3.05, 3.63) is 70.3 Å². The van der Waals surface area contributed by atoms with Gasteiger partial charge in [-0.1, -0.05) is 63.3 Å². The molecule has 2 aromatic carbocycles. The van der Waals surface area contributed by atoms with E-state index in [0.717, 1.165) is 18.4 Å². The van der Waals surface area contributed by atoms with Crippen molar-refractivity contribution in [3.8, 4) is 5.75 Å². The summed E-state index contributed by atoms with van der Waals surface area (Å²) in [4.78, 5) is 29.6. The predicted molar refractivity (Wildman–Crippen MR) is 141 cm³/mol. The minimum absolute atomic E-state index is 0.0967. The molecule has 7 nitrogen and oxygen atoms in total. The number of rotatable bonds is 15. The van der Waals surface area contributed by atoms with Gasteiger partial charge in [-0.25, -0.2) is 9.78 Å². The number of para-hydroxylation sites is 1. The molecule has 7 heteroatoms. The summed E-state index contributed by atoms with van der Waals surface area (Å²) >= 11 is 0. The van der Waals surface area contributed by atoms with E-state index in [9.17, 15) is 9.59 Å². The van der Waals surface area contributed by atoms with Gasteiger partial charge in [0, 0.05) is 20.1 Å². The van der Waals surface area contributed by atoms with Gasteiger partial charge in [0.15, 0.2) is 6.10 Å². The molecular formula is C29H38N2O5. The summed E-state index contributed by atoms with van der Waals surface area (Å²) in [7, 11) is 1.70. The highest BCUT2D eigenvalue weighted by Crippen LogP contribution is 2.17. The van der Waals surface area contributed by atoms with Crippen molar-refractivity contribution < 1.29 is 19.0 Å². The van der Waals surface area contributed by atoms with Crippen LogP contribution in [0.4, 0.5) is 0 Å². The van der Waals surface area contributed by atoms with Crippen LogP contribution in [0, 0.1) is 0 Å². The fourth-order valence-corrected chi connectivity index (χ4v) is 4.03. The summed E-state index contributed by atoms with van der Waals surface area (Å²) in [5.74, 6) is 0.877. The van der Waals surface area contributed by atoms with E-state index in [-0.39, 0.29) is 18.1 Å². The van der Waals surface area contributed by atoms with Crippen molar-refractivity contribution in [2.45, 2.75) is 71.5 Å². The van der Waals surface area contributed by atoms with E-state index in [0.29, 0.717) is 42.1 Å². The minimum atomic E-state index is -0.622. The summed E-state index contributed by atoms with van der Waals surface area (Å²) in [6, 6.07) is 14.8. The Morgan fingerprint density at radius 1 is 0.972 bits per heavy atom. The van der Waals surface area contributed by atoms with E-state index < -0.39 is 6.10 Å². The van der Waals surface area contributed by atoms with Gasteiger partial charge in [-0.15, -0.1) is 0 Å². The lowest BCUT2D eigenvalue weighted by atomic mass is 10.1. The van der Waals surface area contributed by atoms with E-state index in [1.54, 1.807) is 20.0 Å². The zero-order valence-electron chi connectivity index (χ0n) is 21.7. The first-order chi connectivity index (χ1) is 17.5. The Morgan fingerprint density at radius 3 is 2.44 bits per heavy atom. The Bertz CT molecular complexity index is 1160. The van der Waals surface area contributed by atoms with E-state index in [1.807, 2.05) is 42.5 Å². The number of fused-ring (bicyclic) bond motifs is 1. The van der Waals surface area contributed by atoms with Gasteiger partial charge in [0.25, 0.3) is 5.56 Å². The summed E-state index contributed by atoms with van der Waals surface area (Å²) in [6.45, 7) is 5.05. The maximum atomic E-state index is 12.6. The third kappa shape index (κ3) is 7.92. The lowest BCUT2D eigenvalue weighted by molar-refractivity contribution is -0.156. The first kappa shape index (κ1) is 27.4. The minimum Gasteiger partial charge on any atom is -0.486 e. The van der Waals surface area contributed by atoms with Crippen LogP contribution in [0.2, 0.25) is 0 Å². The highest BCUT2D eigenvalue weighted by Gasteiger charge is 2.21. The monoisotopic (exact) mass is 494 g/mol. The van der Waals surface area contributed by atoms with E-state index in [1.165, 1.54) is 30.3 Å². The van der Waals surface area contributed by atoms with Crippen molar-refractivity contribution in [1.82, 2.24) is 9.55 Å². The van der Waals surface area contributed by atoms with E-state index >= 15 is 0 Å². The fraction of sp³-hybridized carbons (Fsp3) is 0.483. The number of carbonyl (C=O) groups is 1. The first-order valence-corrected chi connectivity index (χ1v) is 13.0. The predicted octanol–water partition coefficient (Wildman–Crippen LogP) is 5.36. The zero-order valence-corrected chi connectivity index (χ0v) is 21.7. The molecule has 0 saturated heterocycles. The van der Waals surface area contributed by atoms with Gasteiger partial charge in [-0.05, 0) is 43.2 Å². The van der Waals surface area contributed by atoms with Crippen molar-refractivity contribution in [2.24, 2.45) is 7.05 Å². The van der Waals surface area contributed by atoms with Crippen LogP contribution in [0.15, 0.2) is 53.3 Å². The van der Waals surface area contributed by atoms with Gasteiger partial charge in [0.05, 0.1) is 17.5 Å². The summed E-state index contributed by atoms with van der Waals surface area (Å²) in [5, 5.41) is 0.586. The van der Waals surface area contributed by atoms with Crippen LogP contribution in [0.1, 0.15) is 63.8 Å². The third-order valence-electron chi connectivity index (χ3n) is 6.15. The Hall–Kier alpha value is -3.19. The molecule has 0 saturated carbocycles. The summed E-state index contributed by atoms with van der Waals surface area (Å²) < 4.78 is 18.6. The molecule has 0 bridgehead atoms. The molecular weight excluding hydrogens is 456 g/mol. The summed E-state index contributed by atoms with van der Waals surface area (Å²) in [6.07, 6.45) is 6.81. The number of benzene rings is 2. The van der Waals surface area contributed by atoms with E-state index in [4.69, 9.17) is 14.2 Å². The van der Waals surface area contributed by atoms with Crippen LogP contribution in [0.5, 0.6) is 5.75 Å². The maximum Gasteiger partial charge on any atom is 0.335 e. The zero-order chi connectivity index (χ0) is 25.8. The van der Waals surface area contributed by atoms with Gasteiger partial charge in [-0.2, -0.15) is 0 Å². The van der Waals surface area contributed by atoms with Gasteiger partial charge < -0.3 is 14.2 Å². The maximum absolute atomic E-state index is 12.6. The van der Waals surface area contributed by atoms with Gasteiger partial charge >= 0.3 is 5.97 Å². The normalized spacial score (nSPS) is 12.0. The van der Waals surface area contributed by atoms with Crippen LogP contribution < -0.4 is 10.3 Å². The smallest absolute Gasteiger partial charge is 0.335 e. The Labute approximate surface area is 213 Å². The van der Waals surface area contributed by atoms with Gasteiger partial charge in [-0.3, -0.25) is 9.36 Å². The molecule has 0 aliphatic rings. The molecule has 1 heterocycles. The van der Waals surface area contributed by atoms with Crippen molar-refractivity contribution in [3.63, 3.8) is 0 Å². The molecule has 0 aliphatic carbocycles. The number of esters is 1. The van der Waals surface area contributed by atoms with Gasteiger partial charge in [0.1, 0.15) is 18.2 Å². The molecule has 3 rings (SSSR count). The summed E-state index contributed by atoms with van der Waals surface area (Å²) in [5.41, 5.74) is 1.51. The molecule has 36 heavy (non-hydrogen) atoms. The molecule has 0 aliphatic heterocycles. The first-order valence-electron chi connectivity index (χ1n) is 13.0. The molecule has 0 radical (unpaired) electrons. The van der Waals surface area contributed by atoms with Crippen molar-refractivity contribution in [1.29, 1.82) is 0 Å². The number of aromatic nitrogens is 2. The Morgan fingerprint density at radius 2 is 1.69 bits per heavy atom. The van der Waals surface area contributed by atoms with Crippen LogP contribution in [-0.2, 0) is 34.3 Å². The number of hydrogen-bond acceptors (Lipinski definition) is 6. The van der Waals surface area contributed by atoms with Crippen LogP contribution >= 0.6 is 0 Å². The number of nitrogens with zero attached hydrogens (tertiary/aromatic N) is 2. The highest BCUT2D eigenvalue weighted by atomic mass is 16.6. The van der Waals surface area contributed by atoms with E-state index in [2.05, 4.69) is 11.9 Å². The Kier molecular flexibility index (Phi) is 11.0. The second kappa shape index (κ2) is 14.4. The van der Waals surface area contributed by atoms with Crippen LogP contribution in [0.3, 0.4) is 0 Å². The average Bonchev–Trinajstić information content (AvgIpc) is 2.89. The van der Waals surface area contributed by atoms with Crippen LogP contribution in [0.25, 0.3) is 10.9 Å². The largest absolute Gasteiger partial charge is 0.486 e. The highest BCUT2D eigenvalue weighted by molar-refractivity contribution is 5.77. The number of ether oxygens (including phenoxy) is 3. The molecule has 1 atom stereocenters. The quantitative estimate of drug-likeness (QED) is 0.209. The molecule has 194 valence electrons. The molecule has 1 unspecified atom stereocenters. The lowest BCUT2D eigenvalue weighted by Crippen LogP contribution is -2.29. The SMILES string of the molecule is CCCCCCCCOC(Cc1ccc(OCc2nc3ccccc3c(=O)n2C)cc1)C(=O)OCC. The van der Waals surface area contributed by atoms with Crippen molar-refractivity contribution >= 4 is 16.9 Å². The van der Waals surface area contributed by atoms with Crippen molar-refractivity contribution in [2.75, 3.05) is 13.2 Å². The number of hydrogen-bond donors (Lipinski definition) is 0. The molecule has 0 amide bonds. The third-order valence-corrected chi connectivity index (χ3v) is 6.15. The fourth-order valence-electron chi connectivity index (χ4n) is 4.03.